The first kappa shape index (κ1) is 13.4. The first-order chi connectivity index (χ1) is 9.67. The van der Waals surface area contributed by atoms with Crippen LogP contribution in [-0.2, 0) is 12.0 Å². The summed E-state index contributed by atoms with van der Waals surface area (Å²) in [6.45, 7) is 0.479. The minimum absolute atomic E-state index is 0.479. The number of nitrogens with zero attached hydrogens (tertiary/aromatic N) is 1. The Morgan fingerprint density at radius 1 is 1.35 bits per heavy atom. The molecular weight excluding hydrogens is 272 g/mol. The standard InChI is InChI=1S/C16H17ClN2O/c17-13-5-6-15-12(9-13)3-1-7-16(15,20)11-19-14-4-2-8-18-10-14/h2,4-6,8-10,19-20H,1,3,7,11H2. The molecule has 1 atom stereocenters. The minimum Gasteiger partial charge on any atom is -0.383 e. The second-order valence-corrected chi connectivity index (χ2v) is 5.72. The predicted molar refractivity (Wildman–Crippen MR) is 81.0 cm³/mol. The van der Waals surface area contributed by atoms with Gasteiger partial charge in [0.05, 0.1) is 5.69 Å². The summed E-state index contributed by atoms with van der Waals surface area (Å²) in [5.41, 5.74) is 2.22. The van der Waals surface area contributed by atoms with E-state index in [1.54, 1.807) is 12.4 Å². The van der Waals surface area contributed by atoms with Gasteiger partial charge in [-0.2, -0.15) is 0 Å². The highest BCUT2D eigenvalue weighted by molar-refractivity contribution is 6.30. The van der Waals surface area contributed by atoms with Crippen molar-refractivity contribution in [3.63, 3.8) is 0 Å². The molecule has 3 rings (SSSR count). The van der Waals surface area contributed by atoms with Crippen LogP contribution in [0.25, 0.3) is 0 Å². The first-order valence-electron chi connectivity index (χ1n) is 6.83. The third kappa shape index (κ3) is 2.65. The van der Waals surface area contributed by atoms with Gasteiger partial charge in [-0.25, -0.2) is 0 Å². The number of anilines is 1. The number of aromatic nitrogens is 1. The van der Waals surface area contributed by atoms with Crippen LogP contribution in [0.4, 0.5) is 5.69 Å². The first-order valence-corrected chi connectivity index (χ1v) is 7.20. The van der Waals surface area contributed by atoms with Crippen LogP contribution in [0.5, 0.6) is 0 Å². The van der Waals surface area contributed by atoms with E-state index in [9.17, 15) is 5.11 Å². The third-order valence-electron chi connectivity index (χ3n) is 3.85. The van der Waals surface area contributed by atoms with Crippen LogP contribution in [-0.4, -0.2) is 16.6 Å². The van der Waals surface area contributed by atoms with Crippen LogP contribution in [0.1, 0.15) is 24.0 Å². The van der Waals surface area contributed by atoms with Gasteiger partial charge in [0, 0.05) is 24.0 Å². The lowest BCUT2D eigenvalue weighted by molar-refractivity contribution is 0.0323. The summed E-state index contributed by atoms with van der Waals surface area (Å²) in [7, 11) is 0. The molecule has 0 fully saturated rings. The normalized spacial score (nSPS) is 21.3. The van der Waals surface area contributed by atoms with Gasteiger partial charge in [0.1, 0.15) is 5.60 Å². The number of fused-ring (bicyclic) bond motifs is 1. The maximum Gasteiger partial charge on any atom is 0.107 e. The van der Waals surface area contributed by atoms with Gasteiger partial charge in [-0.15, -0.1) is 0 Å². The molecule has 1 unspecified atom stereocenters. The molecule has 0 saturated carbocycles. The number of nitrogens with one attached hydrogen (secondary N) is 1. The summed E-state index contributed by atoms with van der Waals surface area (Å²) in [6, 6.07) is 9.58. The SMILES string of the molecule is OC1(CNc2cccnc2)CCCc2cc(Cl)ccc21. The van der Waals surface area contributed by atoms with E-state index in [0.717, 1.165) is 41.1 Å². The fraction of sp³-hybridized carbons (Fsp3) is 0.312. The monoisotopic (exact) mass is 288 g/mol. The number of aliphatic hydroxyl groups is 1. The Hall–Kier alpha value is -1.58. The van der Waals surface area contributed by atoms with Crippen LogP contribution in [0.15, 0.2) is 42.7 Å². The lowest BCUT2D eigenvalue weighted by Gasteiger charge is -2.35. The quantitative estimate of drug-likeness (QED) is 0.910. The zero-order valence-electron chi connectivity index (χ0n) is 11.1. The Kier molecular flexibility index (Phi) is 3.64. The van der Waals surface area contributed by atoms with Crippen molar-refractivity contribution in [1.82, 2.24) is 4.98 Å². The lowest BCUT2D eigenvalue weighted by Crippen LogP contribution is -2.37. The van der Waals surface area contributed by atoms with Gasteiger partial charge in [0.25, 0.3) is 0 Å². The van der Waals surface area contributed by atoms with Crippen LogP contribution in [0.3, 0.4) is 0 Å². The number of aryl methyl sites for hydroxylation is 1. The summed E-state index contributed by atoms with van der Waals surface area (Å²) in [4.78, 5) is 4.07. The topological polar surface area (TPSA) is 45.1 Å². The molecule has 1 aliphatic carbocycles. The molecule has 1 heterocycles. The van der Waals surface area contributed by atoms with Gasteiger partial charge in [0.2, 0.25) is 0 Å². The predicted octanol–water partition coefficient (Wildman–Crippen LogP) is 3.37. The fourth-order valence-corrected chi connectivity index (χ4v) is 3.02. The zero-order valence-corrected chi connectivity index (χ0v) is 11.9. The van der Waals surface area contributed by atoms with Crippen LogP contribution in [0, 0.1) is 0 Å². The average molecular weight is 289 g/mol. The highest BCUT2D eigenvalue weighted by Gasteiger charge is 2.34. The molecule has 0 bridgehead atoms. The van der Waals surface area contributed by atoms with E-state index in [0.29, 0.717) is 6.54 Å². The molecule has 2 aromatic rings. The molecule has 3 nitrogen and oxygen atoms in total. The van der Waals surface area contributed by atoms with Crippen molar-refractivity contribution in [2.75, 3.05) is 11.9 Å². The summed E-state index contributed by atoms with van der Waals surface area (Å²) < 4.78 is 0. The minimum atomic E-state index is -0.839. The van der Waals surface area contributed by atoms with E-state index in [4.69, 9.17) is 11.6 Å². The average Bonchev–Trinajstić information content (AvgIpc) is 2.46. The Balaban J connectivity index is 1.83. The molecule has 0 aliphatic heterocycles. The zero-order chi connectivity index (χ0) is 14.0. The molecule has 0 spiro atoms. The smallest absolute Gasteiger partial charge is 0.107 e. The summed E-state index contributed by atoms with van der Waals surface area (Å²) in [5.74, 6) is 0. The number of halogens is 1. The molecule has 1 aromatic heterocycles. The molecule has 0 amide bonds. The second-order valence-electron chi connectivity index (χ2n) is 5.28. The molecule has 1 aromatic carbocycles. The molecule has 20 heavy (non-hydrogen) atoms. The summed E-state index contributed by atoms with van der Waals surface area (Å²) in [5, 5.41) is 14.9. The Bertz CT molecular complexity index is 603. The highest BCUT2D eigenvalue weighted by Crippen LogP contribution is 2.36. The van der Waals surface area contributed by atoms with E-state index < -0.39 is 5.60 Å². The van der Waals surface area contributed by atoms with Crippen LogP contribution in [0.2, 0.25) is 5.02 Å². The van der Waals surface area contributed by atoms with E-state index in [1.165, 1.54) is 0 Å². The fourth-order valence-electron chi connectivity index (χ4n) is 2.83. The van der Waals surface area contributed by atoms with Crippen LogP contribution < -0.4 is 5.32 Å². The number of pyridine rings is 1. The Labute approximate surface area is 123 Å². The molecule has 104 valence electrons. The van der Waals surface area contributed by atoms with E-state index in [2.05, 4.69) is 10.3 Å². The number of benzene rings is 1. The van der Waals surface area contributed by atoms with Crippen molar-refractivity contribution in [3.8, 4) is 0 Å². The maximum absolute atomic E-state index is 10.9. The molecule has 0 radical (unpaired) electrons. The maximum atomic E-state index is 10.9. The summed E-state index contributed by atoms with van der Waals surface area (Å²) in [6.07, 6.45) is 6.20. The van der Waals surface area contributed by atoms with Crippen molar-refractivity contribution >= 4 is 17.3 Å². The van der Waals surface area contributed by atoms with Gasteiger partial charge in [0.15, 0.2) is 0 Å². The highest BCUT2D eigenvalue weighted by atomic mass is 35.5. The largest absolute Gasteiger partial charge is 0.383 e. The van der Waals surface area contributed by atoms with Gasteiger partial charge < -0.3 is 10.4 Å². The Morgan fingerprint density at radius 3 is 3.05 bits per heavy atom. The van der Waals surface area contributed by atoms with Crippen molar-refractivity contribution in [2.45, 2.75) is 24.9 Å². The molecular formula is C16H17ClN2O. The third-order valence-corrected chi connectivity index (χ3v) is 4.09. The van der Waals surface area contributed by atoms with Crippen molar-refractivity contribution in [2.24, 2.45) is 0 Å². The van der Waals surface area contributed by atoms with Gasteiger partial charge in [-0.05, 0) is 54.7 Å². The van der Waals surface area contributed by atoms with E-state index in [1.807, 2.05) is 30.3 Å². The van der Waals surface area contributed by atoms with Gasteiger partial charge in [-0.1, -0.05) is 17.7 Å². The van der Waals surface area contributed by atoms with Crippen LogP contribution >= 0.6 is 11.6 Å². The summed E-state index contributed by atoms with van der Waals surface area (Å²) >= 11 is 6.04. The lowest BCUT2D eigenvalue weighted by atomic mass is 9.79. The van der Waals surface area contributed by atoms with E-state index in [-0.39, 0.29) is 0 Å². The molecule has 2 N–H and O–H groups in total. The number of rotatable bonds is 3. The number of hydrogen-bond acceptors (Lipinski definition) is 3. The Morgan fingerprint density at radius 2 is 2.25 bits per heavy atom. The van der Waals surface area contributed by atoms with Gasteiger partial charge in [-0.3, -0.25) is 4.98 Å². The molecule has 0 saturated heterocycles. The molecule has 1 aliphatic rings. The molecule has 4 heteroatoms. The van der Waals surface area contributed by atoms with Crippen molar-refractivity contribution in [1.29, 1.82) is 0 Å². The van der Waals surface area contributed by atoms with Gasteiger partial charge >= 0.3 is 0 Å². The van der Waals surface area contributed by atoms with Crippen molar-refractivity contribution < 1.29 is 5.11 Å². The number of hydrogen-bond donors (Lipinski definition) is 2. The second kappa shape index (κ2) is 5.43. The van der Waals surface area contributed by atoms with Crippen molar-refractivity contribution in [3.05, 3.63) is 58.9 Å². The van der Waals surface area contributed by atoms with E-state index >= 15 is 0 Å².